The molecule has 2 aliphatic rings. The first kappa shape index (κ1) is 27.0. The molecular weight excluding hydrogens is 494 g/mol. The van der Waals surface area contributed by atoms with Gasteiger partial charge in [-0.2, -0.15) is 4.31 Å². The Labute approximate surface area is 227 Å². The average Bonchev–Trinajstić information content (AvgIpc) is 2.96. The number of hydrogen-bond donors (Lipinski definition) is 1. The molecule has 3 aromatic rings. The number of anilines is 1. The smallest absolute Gasteiger partial charge is 0.243 e. The van der Waals surface area contributed by atoms with E-state index in [1.807, 2.05) is 24.3 Å². The van der Waals surface area contributed by atoms with Gasteiger partial charge >= 0.3 is 0 Å². The Kier molecular flexibility index (Phi) is 8.61. The maximum Gasteiger partial charge on any atom is 0.243 e. The molecule has 0 bridgehead atoms. The molecule has 1 aliphatic heterocycles. The summed E-state index contributed by atoms with van der Waals surface area (Å²) in [6, 6.07) is 16.1. The van der Waals surface area contributed by atoms with Crippen molar-refractivity contribution < 1.29 is 8.42 Å². The lowest BCUT2D eigenvalue weighted by molar-refractivity contribution is 0.141. The number of fused-ring (bicyclic) bond motifs is 1. The molecule has 204 valence electrons. The fourth-order valence-electron chi connectivity index (χ4n) is 5.68. The number of benzene rings is 2. The zero-order chi connectivity index (χ0) is 26.5. The van der Waals surface area contributed by atoms with Crippen LogP contribution in [-0.2, 0) is 16.4 Å². The van der Waals surface area contributed by atoms with E-state index < -0.39 is 10.0 Å². The number of nitrogens with zero attached hydrogens (tertiary/aromatic N) is 4. The monoisotopic (exact) mass is 535 g/mol. The second-order valence-electron chi connectivity index (χ2n) is 10.8. The van der Waals surface area contributed by atoms with E-state index >= 15 is 0 Å². The van der Waals surface area contributed by atoms with E-state index in [0.717, 1.165) is 41.8 Å². The highest BCUT2D eigenvalue weighted by atomic mass is 32.2. The van der Waals surface area contributed by atoms with E-state index in [1.54, 1.807) is 16.4 Å². The van der Waals surface area contributed by atoms with Gasteiger partial charge in [-0.25, -0.2) is 18.4 Å². The largest absolute Gasteiger partial charge is 0.367 e. The molecule has 2 fully saturated rings. The van der Waals surface area contributed by atoms with Gasteiger partial charge in [0.15, 0.2) is 0 Å². The minimum atomic E-state index is -3.50. The molecule has 1 aromatic heterocycles. The van der Waals surface area contributed by atoms with Crippen molar-refractivity contribution in [2.45, 2.75) is 82.2 Å². The van der Waals surface area contributed by atoms with Gasteiger partial charge in [0.2, 0.25) is 10.0 Å². The van der Waals surface area contributed by atoms with Gasteiger partial charge in [-0.1, -0.05) is 56.9 Å². The number of rotatable bonds is 9. The molecular formula is C30H41N5O2S. The quantitative estimate of drug-likeness (QED) is 0.374. The van der Waals surface area contributed by atoms with Crippen molar-refractivity contribution in [1.29, 1.82) is 0 Å². The summed E-state index contributed by atoms with van der Waals surface area (Å²) < 4.78 is 28.2. The normalized spacial score (nSPS) is 19.0. The van der Waals surface area contributed by atoms with Gasteiger partial charge in [0.1, 0.15) is 11.6 Å². The van der Waals surface area contributed by atoms with E-state index in [1.165, 1.54) is 37.7 Å². The molecule has 0 spiro atoms. The lowest BCUT2D eigenvalue weighted by atomic mass is 9.95. The fraction of sp³-hybridized carbons (Fsp3) is 0.533. The van der Waals surface area contributed by atoms with Crippen molar-refractivity contribution in [3.8, 4) is 0 Å². The van der Waals surface area contributed by atoms with Crippen molar-refractivity contribution in [2.24, 2.45) is 0 Å². The number of hydrogen-bond acceptors (Lipinski definition) is 6. The van der Waals surface area contributed by atoms with Crippen LogP contribution in [0.15, 0.2) is 53.4 Å². The van der Waals surface area contributed by atoms with Gasteiger partial charge in [0.05, 0.1) is 16.5 Å². The van der Waals surface area contributed by atoms with Gasteiger partial charge in [-0.3, -0.25) is 4.90 Å². The molecule has 1 saturated carbocycles. The predicted octanol–water partition coefficient (Wildman–Crippen LogP) is 5.78. The zero-order valence-corrected chi connectivity index (χ0v) is 23.6. The van der Waals surface area contributed by atoms with Crippen LogP contribution in [0.3, 0.4) is 0 Å². The third-order valence-electron chi connectivity index (χ3n) is 8.14. The topological polar surface area (TPSA) is 78.4 Å². The average molecular weight is 536 g/mol. The van der Waals surface area contributed by atoms with Crippen molar-refractivity contribution in [1.82, 2.24) is 19.2 Å². The number of nitrogens with one attached hydrogen (secondary N) is 1. The summed E-state index contributed by atoms with van der Waals surface area (Å²) in [5.41, 5.74) is 2.14. The molecule has 8 heteroatoms. The molecule has 1 aliphatic carbocycles. The third-order valence-corrected chi connectivity index (χ3v) is 10.1. The summed E-state index contributed by atoms with van der Waals surface area (Å²) in [6.07, 6.45) is 9.44. The van der Waals surface area contributed by atoms with Gasteiger partial charge < -0.3 is 5.32 Å². The van der Waals surface area contributed by atoms with Gasteiger partial charge in [0.25, 0.3) is 0 Å². The highest BCUT2D eigenvalue weighted by Gasteiger charge is 2.31. The van der Waals surface area contributed by atoms with Crippen LogP contribution in [0, 0.1) is 0 Å². The zero-order valence-electron chi connectivity index (χ0n) is 22.8. The molecule has 0 radical (unpaired) electrons. The van der Waals surface area contributed by atoms with Crippen LogP contribution in [-0.4, -0.2) is 59.8 Å². The molecule has 7 nitrogen and oxygen atoms in total. The van der Waals surface area contributed by atoms with Crippen LogP contribution in [0.5, 0.6) is 0 Å². The number of aryl methyl sites for hydroxylation is 1. The van der Waals surface area contributed by atoms with Crippen LogP contribution in [0.1, 0.15) is 76.2 Å². The SMILES string of the molecule is CCCCc1ccc(S(=O)(=O)N2CCN(C(C)c3nc(NC4CCCCC4)c4ccccc4n3)CC2)cc1. The van der Waals surface area contributed by atoms with Crippen LogP contribution >= 0.6 is 0 Å². The van der Waals surface area contributed by atoms with Crippen molar-refractivity contribution in [2.75, 3.05) is 31.5 Å². The molecule has 5 rings (SSSR count). The molecule has 1 N–H and O–H groups in total. The third kappa shape index (κ3) is 6.03. The maximum absolute atomic E-state index is 13.3. The molecule has 1 saturated heterocycles. The van der Waals surface area contributed by atoms with Crippen molar-refractivity contribution in [3.63, 3.8) is 0 Å². The summed E-state index contributed by atoms with van der Waals surface area (Å²) in [6.45, 7) is 6.52. The molecule has 0 amide bonds. The van der Waals surface area contributed by atoms with E-state index in [2.05, 4.69) is 36.2 Å². The Morgan fingerprint density at radius 2 is 1.66 bits per heavy atom. The minimum Gasteiger partial charge on any atom is -0.367 e. The summed E-state index contributed by atoms with van der Waals surface area (Å²) in [4.78, 5) is 12.6. The fourth-order valence-corrected chi connectivity index (χ4v) is 7.11. The Bertz CT molecular complexity index is 1310. The summed E-state index contributed by atoms with van der Waals surface area (Å²) >= 11 is 0. The van der Waals surface area contributed by atoms with Crippen molar-refractivity contribution >= 4 is 26.7 Å². The van der Waals surface area contributed by atoms with Gasteiger partial charge in [-0.15, -0.1) is 0 Å². The van der Waals surface area contributed by atoms with Crippen LogP contribution in [0.2, 0.25) is 0 Å². The lowest BCUT2D eigenvalue weighted by Crippen LogP contribution is -2.49. The second kappa shape index (κ2) is 12.1. The first-order valence-corrected chi connectivity index (χ1v) is 15.8. The number of para-hydroxylation sites is 1. The minimum absolute atomic E-state index is 0.00536. The van der Waals surface area contributed by atoms with E-state index in [-0.39, 0.29) is 6.04 Å². The van der Waals surface area contributed by atoms with Crippen LogP contribution < -0.4 is 5.32 Å². The molecule has 2 heterocycles. The second-order valence-corrected chi connectivity index (χ2v) is 12.7. The Morgan fingerprint density at radius 3 is 2.37 bits per heavy atom. The standard InChI is InChI=1S/C30H41N5O2S/c1-3-4-10-24-15-17-26(18-16-24)38(36,37)35-21-19-34(20-22-35)23(2)29-32-28-14-9-8-13-27(28)30(33-29)31-25-11-6-5-7-12-25/h8-9,13-18,23,25H,3-7,10-12,19-22H2,1-2H3,(H,31,32,33). The Balaban J connectivity index is 1.27. The number of unbranched alkanes of at least 4 members (excludes halogenated alkanes) is 1. The van der Waals surface area contributed by atoms with E-state index in [4.69, 9.17) is 9.97 Å². The maximum atomic E-state index is 13.3. The number of piperazine rings is 1. The summed E-state index contributed by atoms with van der Waals surface area (Å²) in [5, 5.41) is 4.79. The molecule has 2 aromatic carbocycles. The van der Waals surface area contributed by atoms with Crippen LogP contribution in [0.4, 0.5) is 5.82 Å². The summed E-state index contributed by atoms with van der Waals surface area (Å²) in [5.74, 6) is 1.72. The van der Waals surface area contributed by atoms with Gasteiger partial charge in [-0.05, 0) is 62.4 Å². The van der Waals surface area contributed by atoms with Gasteiger partial charge in [0, 0.05) is 37.6 Å². The van der Waals surface area contributed by atoms with E-state index in [0.29, 0.717) is 37.1 Å². The van der Waals surface area contributed by atoms with Crippen LogP contribution in [0.25, 0.3) is 10.9 Å². The Hall–Kier alpha value is -2.55. The predicted molar refractivity (Wildman–Crippen MR) is 154 cm³/mol. The molecule has 1 unspecified atom stereocenters. The molecule has 38 heavy (non-hydrogen) atoms. The number of aromatic nitrogens is 2. The summed E-state index contributed by atoms with van der Waals surface area (Å²) in [7, 11) is -3.50. The number of sulfonamides is 1. The first-order valence-electron chi connectivity index (χ1n) is 14.3. The van der Waals surface area contributed by atoms with E-state index in [9.17, 15) is 8.42 Å². The lowest BCUT2D eigenvalue weighted by Gasteiger charge is -2.37. The molecule has 1 atom stereocenters. The highest BCUT2D eigenvalue weighted by molar-refractivity contribution is 7.89. The Morgan fingerprint density at radius 1 is 0.947 bits per heavy atom. The highest BCUT2D eigenvalue weighted by Crippen LogP contribution is 2.29. The first-order chi connectivity index (χ1) is 18.5. The van der Waals surface area contributed by atoms with Crippen molar-refractivity contribution in [3.05, 3.63) is 59.9 Å².